The maximum absolute atomic E-state index is 6.18. The standard InChI is InChI=1S/C32H18BrNO/c33-31-27-18-20(14-16-28(27)34-29-11-5-6-12-30(29)35-32(31)34)19-13-15-25-23-9-2-1-7-21(23)22-8-3-4-10-24(22)26(25)17-19/h1-18H. The average Bonchev–Trinajstić information content (AvgIpc) is 3.43. The Kier molecular flexibility index (Phi) is 3.83. The Hall–Kier alpha value is -4.08. The molecule has 0 saturated carbocycles. The summed E-state index contributed by atoms with van der Waals surface area (Å²) in [6.07, 6.45) is 0. The van der Waals surface area contributed by atoms with Gasteiger partial charge in [0, 0.05) is 5.39 Å². The van der Waals surface area contributed by atoms with Gasteiger partial charge in [0.05, 0.1) is 15.5 Å². The Morgan fingerprint density at radius 3 is 1.74 bits per heavy atom. The Bertz CT molecular complexity index is 2090. The van der Waals surface area contributed by atoms with Crippen molar-refractivity contribution < 1.29 is 4.42 Å². The SMILES string of the molecule is Brc1c2cc(-c3ccc4c5ccccc5c5ccccc5c4c3)ccc2n2c1oc1ccccc12. The molecule has 0 aliphatic heterocycles. The molecule has 0 aliphatic carbocycles. The number of para-hydroxylation sites is 2. The highest BCUT2D eigenvalue weighted by Crippen LogP contribution is 2.40. The molecule has 8 rings (SSSR count). The van der Waals surface area contributed by atoms with Gasteiger partial charge in [0.2, 0.25) is 5.71 Å². The number of hydrogen-bond donors (Lipinski definition) is 0. The van der Waals surface area contributed by atoms with E-state index in [-0.39, 0.29) is 0 Å². The molecule has 0 N–H and O–H groups in total. The molecule has 0 bridgehead atoms. The minimum Gasteiger partial charge on any atom is -0.437 e. The third kappa shape index (κ3) is 2.59. The third-order valence-corrected chi connectivity index (χ3v) is 8.02. The fourth-order valence-corrected chi connectivity index (χ4v) is 6.23. The van der Waals surface area contributed by atoms with Crippen molar-refractivity contribution in [3.63, 3.8) is 0 Å². The van der Waals surface area contributed by atoms with Crippen LogP contribution in [0, 0.1) is 0 Å². The molecule has 3 heteroatoms. The lowest BCUT2D eigenvalue weighted by Crippen LogP contribution is -1.85. The van der Waals surface area contributed by atoms with E-state index in [4.69, 9.17) is 4.42 Å². The number of rotatable bonds is 1. The molecule has 0 radical (unpaired) electrons. The van der Waals surface area contributed by atoms with E-state index in [1.807, 2.05) is 12.1 Å². The second-order valence-corrected chi connectivity index (χ2v) is 9.90. The molecule has 164 valence electrons. The summed E-state index contributed by atoms with van der Waals surface area (Å²) in [4.78, 5) is 0. The fourth-order valence-electron chi connectivity index (χ4n) is 5.66. The van der Waals surface area contributed by atoms with Gasteiger partial charge >= 0.3 is 0 Å². The van der Waals surface area contributed by atoms with E-state index in [2.05, 4.69) is 117 Å². The first kappa shape index (κ1) is 19.2. The highest BCUT2D eigenvalue weighted by atomic mass is 79.9. The molecule has 6 aromatic carbocycles. The number of benzene rings is 6. The Labute approximate surface area is 209 Å². The number of oxazole rings is 1. The minimum atomic E-state index is 0.842. The Morgan fingerprint density at radius 2 is 1.03 bits per heavy atom. The van der Waals surface area contributed by atoms with Gasteiger partial charge in [-0.05, 0) is 89.7 Å². The summed E-state index contributed by atoms with van der Waals surface area (Å²) in [6, 6.07) is 39.1. The van der Waals surface area contributed by atoms with E-state index < -0.39 is 0 Å². The molecule has 0 fully saturated rings. The van der Waals surface area contributed by atoms with Crippen molar-refractivity contribution in [3.8, 4) is 11.1 Å². The van der Waals surface area contributed by atoms with Crippen molar-refractivity contribution in [2.75, 3.05) is 0 Å². The monoisotopic (exact) mass is 511 g/mol. The van der Waals surface area contributed by atoms with Crippen molar-refractivity contribution in [1.29, 1.82) is 0 Å². The normalized spacial score (nSPS) is 12.1. The van der Waals surface area contributed by atoms with Crippen LogP contribution in [0.15, 0.2) is 118 Å². The maximum atomic E-state index is 6.18. The molecular formula is C32H18BrNO. The van der Waals surface area contributed by atoms with E-state index in [0.29, 0.717) is 0 Å². The molecule has 0 atom stereocenters. The van der Waals surface area contributed by atoms with Crippen LogP contribution in [-0.4, -0.2) is 4.40 Å². The molecule has 2 aromatic heterocycles. The molecule has 8 aromatic rings. The summed E-state index contributed by atoms with van der Waals surface area (Å²) >= 11 is 3.82. The molecule has 2 heterocycles. The lowest BCUT2D eigenvalue weighted by Gasteiger charge is -2.12. The zero-order valence-electron chi connectivity index (χ0n) is 18.6. The second-order valence-electron chi connectivity index (χ2n) is 9.11. The topological polar surface area (TPSA) is 17.6 Å². The van der Waals surface area contributed by atoms with E-state index >= 15 is 0 Å². The van der Waals surface area contributed by atoms with Gasteiger partial charge in [-0.25, -0.2) is 0 Å². The smallest absolute Gasteiger partial charge is 0.220 e. The predicted molar refractivity (Wildman–Crippen MR) is 150 cm³/mol. The van der Waals surface area contributed by atoms with E-state index in [1.165, 1.54) is 43.4 Å². The molecule has 0 unspecified atom stereocenters. The van der Waals surface area contributed by atoms with E-state index in [1.54, 1.807) is 0 Å². The predicted octanol–water partition coefficient (Wildman–Crippen LogP) is 9.73. The van der Waals surface area contributed by atoms with Crippen molar-refractivity contribution >= 4 is 76.0 Å². The summed E-state index contributed by atoms with van der Waals surface area (Å²) in [6.45, 7) is 0. The largest absolute Gasteiger partial charge is 0.437 e. The second kappa shape index (κ2) is 6.97. The number of fused-ring (bicyclic) bond motifs is 11. The summed E-state index contributed by atoms with van der Waals surface area (Å²) < 4.78 is 9.36. The molecule has 0 saturated heterocycles. The zero-order chi connectivity index (χ0) is 23.1. The first-order valence-corrected chi connectivity index (χ1v) is 12.5. The fraction of sp³-hybridized carbons (Fsp3) is 0. The van der Waals surface area contributed by atoms with E-state index in [9.17, 15) is 0 Å². The van der Waals surface area contributed by atoms with Gasteiger partial charge in [-0.2, -0.15) is 0 Å². The van der Waals surface area contributed by atoms with Gasteiger partial charge in [-0.15, -0.1) is 0 Å². The van der Waals surface area contributed by atoms with Crippen LogP contribution in [-0.2, 0) is 0 Å². The van der Waals surface area contributed by atoms with Crippen LogP contribution in [0.4, 0.5) is 0 Å². The summed E-state index contributed by atoms with van der Waals surface area (Å²) in [5.74, 6) is 0. The number of hydrogen-bond acceptors (Lipinski definition) is 1. The summed E-state index contributed by atoms with van der Waals surface area (Å²) in [5, 5.41) is 8.91. The molecule has 35 heavy (non-hydrogen) atoms. The van der Waals surface area contributed by atoms with Crippen LogP contribution in [0.1, 0.15) is 0 Å². The zero-order valence-corrected chi connectivity index (χ0v) is 20.2. The van der Waals surface area contributed by atoms with Crippen LogP contribution in [0.25, 0.3) is 71.2 Å². The van der Waals surface area contributed by atoms with Crippen LogP contribution in [0.5, 0.6) is 0 Å². The number of aromatic nitrogens is 1. The lowest BCUT2D eigenvalue weighted by molar-refractivity contribution is 0.655. The highest BCUT2D eigenvalue weighted by molar-refractivity contribution is 9.10. The molecular weight excluding hydrogens is 494 g/mol. The van der Waals surface area contributed by atoms with Crippen molar-refractivity contribution in [2.24, 2.45) is 0 Å². The summed E-state index contributed by atoms with van der Waals surface area (Å²) in [7, 11) is 0. The van der Waals surface area contributed by atoms with Gasteiger partial charge in [0.1, 0.15) is 0 Å². The Morgan fingerprint density at radius 1 is 0.486 bits per heavy atom. The molecule has 0 spiro atoms. The van der Waals surface area contributed by atoms with Crippen molar-refractivity contribution in [1.82, 2.24) is 4.40 Å². The minimum absolute atomic E-state index is 0.842. The van der Waals surface area contributed by atoms with E-state index in [0.717, 1.165) is 32.2 Å². The van der Waals surface area contributed by atoms with Crippen LogP contribution < -0.4 is 0 Å². The van der Waals surface area contributed by atoms with Crippen molar-refractivity contribution in [2.45, 2.75) is 0 Å². The summed E-state index contributed by atoms with van der Waals surface area (Å²) in [5.41, 5.74) is 6.35. The van der Waals surface area contributed by atoms with Gasteiger partial charge in [0.15, 0.2) is 5.58 Å². The van der Waals surface area contributed by atoms with Crippen LogP contribution in [0.2, 0.25) is 0 Å². The van der Waals surface area contributed by atoms with Crippen LogP contribution in [0.3, 0.4) is 0 Å². The average molecular weight is 512 g/mol. The van der Waals surface area contributed by atoms with Crippen molar-refractivity contribution in [3.05, 3.63) is 114 Å². The number of nitrogens with zero attached hydrogens (tertiary/aromatic N) is 1. The third-order valence-electron chi connectivity index (χ3n) is 7.26. The molecule has 0 aliphatic rings. The van der Waals surface area contributed by atoms with Crippen LogP contribution >= 0.6 is 15.9 Å². The molecule has 2 nitrogen and oxygen atoms in total. The first-order valence-electron chi connectivity index (χ1n) is 11.7. The Balaban J connectivity index is 1.41. The number of halogens is 1. The lowest BCUT2D eigenvalue weighted by atomic mass is 9.92. The van der Waals surface area contributed by atoms with Gasteiger partial charge in [0.25, 0.3) is 0 Å². The quantitative estimate of drug-likeness (QED) is 0.200. The first-order chi connectivity index (χ1) is 17.3. The maximum Gasteiger partial charge on any atom is 0.220 e. The highest BCUT2D eigenvalue weighted by Gasteiger charge is 2.17. The van der Waals surface area contributed by atoms with Gasteiger partial charge in [-0.1, -0.05) is 78.9 Å². The molecule has 0 amide bonds. The van der Waals surface area contributed by atoms with Gasteiger partial charge < -0.3 is 4.42 Å². The van der Waals surface area contributed by atoms with Gasteiger partial charge in [-0.3, -0.25) is 4.40 Å².